The molecule has 0 bridgehead atoms. The van der Waals surface area contributed by atoms with Gasteiger partial charge in [-0.1, -0.05) is 6.07 Å². The van der Waals surface area contributed by atoms with Crippen LogP contribution in [0, 0.1) is 5.92 Å². The van der Waals surface area contributed by atoms with Crippen molar-refractivity contribution >= 4 is 0 Å². The van der Waals surface area contributed by atoms with Crippen LogP contribution in [0.3, 0.4) is 0 Å². The van der Waals surface area contributed by atoms with Crippen molar-refractivity contribution in [3.63, 3.8) is 0 Å². The predicted octanol–water partition coefficient (Wildman–Crippen LogP) is 3.34. The molecule has 0 N–H and O–H groups in total. The Kier molecular flexibility index (Phi) is 6.23. The molecular formula is C20H27N3O2. The van der Waals surface area contributed by atoms with Gasteiger partial charge in [-0.3, -0.25) is 9.88 Å². The third-order valence-electron chi connectivity index (χ3n) is 4.99. The van der Waals surface area contributed by atoms with Crippen LogP contribution in [0.1, 0.15) is 30.5 Å². The van der Waals surface area contributed by atoms with Gasteiger partial charge in [-0.15, -0.1) is 0 Å². The summed E-state index contributed by atoms with van der Waals surface area (Å²) in [6.07, 6.45) is 8.34. The monoisotopic (exact) mass is 341 g/mol. The Balaban J connectivity index is 1.43. The maximum atomic E-state index is 5.36. The maximum Gasteiger partial charge on any atom is 0.217 e. The molecule has 0 aliphatic carbocycles. The van der Waals surface area contributed by atoms with Gasteiger partial charge in [0, 0.05) is 24.0 Å². The summed E-state index contributed by atoms with van der Waals surface area (Å²) in [5.74, 6) is 2.36. The van der Waals surface area contributed by atoms with Crippen molar-refractivity contribution in [2.75, 3.05) is 27.3 Å². The van der Waals surface area contributed by atoms with Gasteiger partial charge < -0.3 is 9.47 Å². The minimum Gasteiger partial charge on any atom is -0.495 e. The average molecular weight is 341 g/mol. The van der Waals surface area contributed by atoms with Crippen LogP contribution in [0.2, 0.25) is 0 Å². The van der Waals surface area contributed by atoms with Crippen molar-refractivity contribution in [1.82, 2.24) is 14.9 Å². The molecule has 0 spiro atoms. The first-order valence-electron chi connectivity index (χ1n) is 8.97. The zero-order valence-electron chi connectivity index (χ0n) is 15.1. The molecule has 1 aliphatic heterocycles. The van der Waals surface area contributed by atoms with E-state index in [-0.39, 0.29) is 0 Å². The standard InChI is InChI=1S/C20H27N3O2/c1-24-19-8-7-18(22-14-19)6-5-16-9-12-23(13-10-16)15-17-4-3-11-21-20(17)25-2/h3-4,7-8,11,14,16H,5-6,9-10,12-13,15H2,1-2H3. The molecule has 5 nitrogen and oxygen atoms in total. The van der Waals surface area contributed by atoms with E-state index in [2.05, 4.69) is 27.0 Å². The number of hydrogen-bond acceptors (Lipinski definition) is 5. The summed E-state index contributed by atoms with van der Waals surface area (Å²) in [6.45, 7) is 3.20. The highest BCUT2D eigenvalue weighted by atomic mass is 16.5. The number of pyridine rings is 2. The zero-order chi connectivity index (χ0) is 17.5. The normalized spacial score (nSPS) is 15.9. The fourth-order valence-electron chi connectivity index (χ4n) is 3.43. The van der Waals surface area contributed by atoms with E-state index in [0.29, 0.717) is 0 Å². The van der Waals surface area contributed by atoms with Gasteiger partial charge in [0.2, 0.25) is 5.88 Å². The topological polar surface area (TPSA) is 47.5 Å². The average Bonchev–Trinajstić information content (AvgIpc) is 2.68. The molecule has 5 heteroatoms. The number of aryl methyl sites for hydroxylation is 1. The molecule has 1 aliphatic rings. The molecule has 134 valence electrons. The van der Waals surface area contributed by atoms with Crippen LogP contribution >= 0.6 is 0 Å². The largest absolute Gasteiger partial charge is 0.495 e. The molecule has 2 aromatic rings. The molecule has 0 radical (unpaired) electrons. The molecule has 0 unspecified atom stereocenters. The van der Waals surface area contributed by atoms with Crippen LogP contribution in [0.4, 0.5) is 0 Å². The molecule has 0 atom stereocenters. The Morgan fingerprint density at radius 2 is 1.92 bits per heavy atom. The van der Waals surface area contributed by atoms with E-state index in [9.17, 15) is 0 Å². The van der Waals surface area contributed by atoms with Crippen LogP contribution in [-0.4, -0.2) is 42.2 Å². The molecule has 25 heavy (non-hydrogen) atoms. The van der Waals surface area contributed by atoms with Crippen LogP contribution in [0.25, 0.3) is 0 Å². The van der Waals surface area contributed by atoms with E-state index < -0.39 is 0 Å². The number of hydrogen-bond donors (Lipinski definition) is 0. The van der Waals surface area contributed by atoms with Crippen molar-refractivity contribution in [3.05, 3.63) is 47.9 Å². The smallest absolute Gasteiger partial charge is 0.217 e. The third kappa shape index (κ3) is 4.92. The van der Waals surface area contributed by atoms with E-state index in [4.69, 9.17) is 9.47 Å². The van der Waals surface area contributed by atoms with Gasteiger partial charge in [0.15, 0.2) is 0 Å². The van der Waals surface area contributed by atoms with Crippen LogP contribution < -0.4 is 9.47 Å². The number of ether oxygens (including phenoxy) is 2. The molecule has 3 rings (SSSR count). The highest BCUT2D eigenvalue weighted by molar-refractivity contribution is 5.25. The van der Waals surface area contributed by atoms with Gasteiger partial charge in [0.05, 0.1) is 20.4 Å². The van der Waals surface area contributed by atoms with E-state index in [0.717, 1.165) is 49.3 Å². The number of methoxy groups -OCH3 is 2. The van der Waals surface area contributed by atoms with Gasteiger partial charge in [0.1, 0.15) is 5.75 Å². The molecule has 2 aromatic heterocycles. The first-order chi connectivity index (χ1) is 12.3. The predicted molar refractivity (Wildman–Crippen MR) is 97.9 cm³/mol. The molecule has 1 fully saturated rings. The highest BCUT2D eigenvalue weighted by Gasteiger charge is 2.20. The van der Waals surface area contributed by atoms with Crippen LogP contribution in [0.15, 0.2) is 36.7 Å². The number of piperidine rings is 1. The number of aromatic nitrogens is 2. The van der Waals surface area contributed by atoms with Gasteiger partial charge in [-0.25, -0.2) is 4.98 Å². The molecule has 1 saturated heterocycles. The summed E-state index contributed by atoms with van der Waals surface area (Å²) in [4.78, 5) is 11.3. The number of nitrogens with zero attached hydrogens (tertiary/aromatic N) is 3. The van der Waals surface area contributed by atoms with Gasteiger partial charge >= 0.3 is 0 Å². The Morgan fingerprint density at radius 3 is 2.60 bits per heavy atom. The van der Waals surface area contributed by atoms with Crippen molar-refractivity contribution < 1.29 is 9.47 Å². The van der Waals surface area contributed by atoms with Gasteiger partial charge in [-0.05, 0) is 62.9 Å². The van der Waals surface area contributed by atoms with Gasteiger partial charge in [0.25, 0.3) is 0 Å². The molecule has 0 saturated carbocycles. The first-order valence-corrected chi connectivity index (χ1v) is 8.97. The SMILES string of the molecule is COc1ccc(CCC2CCN(Cc3cccnc3OC)CC2)nc1. The second-order valence-corrected chi connectivity index (χ2v) is 6.62. The molecule has 0 aromatic carbocycles. The van der Waals surface area contributed by atoms with Crippen LogP contribution in [0.5, 0.6) is 11.6 Å². The zero-order valence-corrected chi connectivity index (χ0v) is 15.1. The lowest BCUT2D eigenvalue weighted by atomic mass is 9.91. The van der Waals surface area contributed by atoms with E-state index in [1.54, 1.807) is 26.6 Å². The molecular weight excluding hydrogens is 314 g/mol. The van der Waals surface area contributed by atoms with Crippen LogP contribution in [-0.2, 0) is 13.0 Å². The quantitative estimate of drug-likeness (QED) is 0.773. The molecule has 0 amide bonds. The van der Waals surface area contributed by atoms with Gasteiger partial charge in [-0.2, -0.15) is 0 Å². The van der Waals surface area contributed by atoms with Crippen molar-refractivity contribution in [3.8, 4) is 11.6 Å². The van der Waals surface area contributed by atoms with Crippen molar-refractivity contribution in [1.29, 1.82) is 0 Å². The second kappa shape index (κ2) is 8.81. The summed E-state index contributed by atoms with van der Waals surface area (Å²) in [5.41, 5.74) is 2.33. The lowest BCUT2D eigenvalue weighted by Crippen LogP contribution is -2.33. The Morgan fingerprint density at radius 1 is 1.08 bits per heavy atom. The minimum absolute atomic E-state index is 0.746. The maximum absolute atomic E-state index is 5.36. The fraction of sp³-hybridized carbons (Fsp3) is 0.500. The van der Waals surface area contributed by atoms with E-state index >= 15 is 0 Å². The Labute approximate surface area is 150 Å². The highest BCUT2D eigenvalue weighted by Crippen LogP contribution is 2.25. The summed E-state index contributed by atoms with van der Waals surface area (Å²) in [5, 5.41) is 0. The first kappa shape index (κ1) is 17.7. The minimum atomic E-state index is 0.746. The number of rotatable bonds is 7. The summed E-state index contributed by atoms with van der Waals surface area (Å²) >= 11 is 0. The van der Waals surface area contributed by atoms with Crippen molar-refractivity contribution in [2.24, 2.45) is 5.92 Å². The lowest BCUT2D eigenvalue weighted by Gasteiger charge is -2.32. The van der Waals surface area contributed by atoms with E-state index in [1.165, 1.54) is 24.8 Å². The number of likely N-dealkylation sites (tertiary alicyclic amines) is 1. The van der Waals surface area contributed by atoms with Crippen molar-refractivity contribution in [2.45, 2.75) is 32.2 Å². The summed E-state index contributed by atoms with van der Waals surface area (Å²) < 4.78 is 10.5. The second-order valence-electron chi connectivity index (χ2n) is 6.62. The lowest BCUT2D eigenvalue weighted by molar-refractivity contribution is 0.170. The fourth-order valence-corrected chi connectivity index (χ4v) is 3.43. The third-order valence-corrected chi connectivity index (χ3v) is 4.99. The Hall–Kier alpha value is -2.14. The Bertz CT molecular complexity index is 652. The van der Waals surface area contributed by atoms with E-state index in [1.807, 2.05) is 12.1 Å². The summed E-state index contributed by atoms with van der Waals surface area (Å²) in [6, 6.07) is 8.15. The molecule has 3 heterocycles. The summed E-state index contributed by atoms with van der Waals surface area (Å²) in [7, 11) is 3.36.